The third-order valence-electron chi connectivity index (χ3n) is 3.51. The van der Waals surface area contributed by atoms with Crippen molar-refractivity contribution >= 4 is 23.0 Å². The number of likely N-dealkylation sites (tertiary alicyclic amines) is 1. The van der Waals surface area contributed by atoms with E-state index in [1.807, 2.05) is 24.0 Å². The van der Waals surface area contributed by atoms with Gasteiger partial charge in [-0.3, -0.25) is 9.36 Å². The maximum Gasteiger partial charge on any atom is 0.242 e. The minimum Gasteiger partial charge on any atom is -0.369 e. The molecule has 100 valence electrons. The van der Waals surface area contributed by atoms with Crippen LogP contribution in [0.2, 0.25) is 0 Å². The van der Waals surface area contributed by atoms with E-state index < -0.39 is 0 Å². The Balaban J connectivity index is 1.93. The van der Waals surface area contributed by atoms with Crippen LogP contribution in [0.15, 0.2) is 12.1 Å². The first kappa shape index (κ1) is 12.0. The van der Waals surface area contributed by atoms with Crippen molar-refractivity contribution in [2.45, 2.75) is 26.3 Å². The number of imidazole rings is 1. The summed E-state index contributed by atoms with van der Waals surface area (Å²) in [6.07, 6.45) is 2.17. The van der Waals surface area contributed by atoms with Crippen LogP contribution >= 0.6 is 0 Å². The second kappa shape index (κ2) is 4.53. The Morgan fingerprint density at radius 2 is 2.05 bits per heavy atom. The molecule has 0 atom stereocenters. The number of nitrogen functional groups attached to an aromatic ring is 1. The largest absolute Gasteiger partial charge is 0.369 e. The molecule has 0 spiro atoms. The molecule has 3 heterocycles. The number of hydrogen-bond donors (Lipinski definition) is 1. The van der Waals surface area contributed by atoms with Gasteiger partial charge in [-0.15, -0.1) is 0 Å². The van der Waals surface area contributed by atoms with Crippen molar-refractivity contribution in [1.82, 2.24) is 19.4 Å². The first-order chi connectivity index (χ1) is 9.15. The van der Waals surface area contributed by atoms with Crippen molar-refractivity contribution in [3.63, 3.8) is 0 Å². The maximum absolute atomic E-state index is 12.2. The van der Waals surface area contributed by atoms with Gasteiger partial charge in [-0.25, -0.2) is 9.97 Å². The van der Waals surface area contributed by atoms with E-state index >= 15 is 0 Å². The van der Waals surface area contributed by atoms with Crippen LogP contribution in [0.25, 0.3) is 11.2 Å². The summed E-state index contributed by atoms with van der Waals surface area (Å²) in [6.45, 7) is 3.82. The molecule has 2 aromatic heterocycles. The summed E-state index contributed by atoms with van der Waals surface area (Å²) in [6, 6.07) is 3.77. The molecular weight excluding hydrogens is 242 g/mol. The summed E-state index contributed by atoms with van der Waals surface area (Å²) >= 11 is 0. The average molecular weight is 259 g/mol. The van der Waals surface area contributed by atoms with Gasteiger partial charge in [0.2, 0.25) is 11.9 Å². The van der Waals surface area contributed by atoms with Crippen LogP contribution < -0.4 is 5.73 Å². The molecule has 1 aliphatic rings. The molecule has 1 saturated heterocycles. The molecule has 0 radical (unpaired) electrons. The highest BCUT2D eigenvalue weighted by Crippen LogP contribution is 2.17. The van der Waals surface area contributed by atoms with Gasteiger partial charge in [0.1, 0.15) is 12.1 Å². The second-order valence-corrected chi connectivity index (χ2v) is 4.94. The van der Waals surface area contributed by atoms with Gasteiger partial charge in [-0.2, -0.15) is 0 Å². The van der Waals surface area contributed by atoms with Crippen LogP contribution in [0, 0.1) is 6.92 Å². The number of pyridine rings is 1. The minimum atomic E-state index is 0.0896. The van der Waals surface area contributed by atoms with Crippen molar-refractivity contribution in [1.29, 1.82) is 0 Å². The van der Waals surface area contributed by atoms with Gasteiger partial charge in [0.05, 0.1) is 0 Å². The van der Waals surface area contributed by atoms with Crippen molar-refractivity contribution in [2.75, 3.05) is 18.8 Å². The Bertz CT molecular complexity index is 627. The quantitative estimate of drug-likeness (QED) is 0.871. The Kier molecular flexibility index (Phi) is 2.85. The summed E-state index contributed by atoms with van der Waals surface area (Å²) in [5.41, 5.74) is 8.20. The SMILES string of the molecule is Cc1ccc2nc(N)n(CC(=O)N3CCCC3)c2n1. The number of aromatic nitrogens is 3. The number of aryl methyl sites for hydroxylation is 1. The Hall–Kier alpha value is -2.11. The Morgan fingerprint density at radius 3 is 2.79 bits per heavy atom. The molecule has 3 rings (SSSR count). The van der Waals surface area contributed by atoms with Crippen LogP contribution in [0.5, 0.6) is 0 Å². The lowest BCUT2D eigenvalue weighted by atomic mass is 10.3. The molecule has 0 aliphatic carbocycles. The van der Waals surface area contributed by atoms with Gasteiger partial charge < -0.3 is 10.6 Å². The highest BCUT2D eigenvalue weighted by atomic mass is 16.2. The molecule has 0 bridgehead atoms. The summed E-state index contributed by atoms with van der Waals surface area (Å²) in [4.78, 5) is 22.7. The summed E-state index contributed by atoms with van der Waals surface area (Å²) in [7, 11) is 0. The highest BCUT2D eigenvalue weighted by Gasteiger charge is 2.20. The summed E-state index contributed by atoms with van der Waals surface area (Å²) in [5.74, 6) is 0.437. The maximum atomic E-state index is 12.2. The van der Waals surface area contributed by atoms with Gasteiger partial charge in [0.25, 0.3) is 0 Å². The lowest BCUT2D eigenvalue weighted by Crippen LogP contribution is -2.31. The standard InChI is InChI=1S/C13H17N5O/c1-9-4-5-10-12(15-9)18(13(14)16-10)8-11(19)17-6-2-3-7-17/h4-5H,2-3,6-8H2,1H3,(H2,14,16). The van der Waals surface area contributed by atoms with Crippen molar-refractivity contribution in [3.8, 4) is 0 Å². The van der Waals surface area contributed by atoms with E-state index in [0.717, 1.165) is 37.1 Å². The zero-order valence-corrected chi connectivity index (χ0v) is 11.0. The lowest BCUT2D eigenvalue weighted by molar-refractivity contribution is -0.130. The van der Waals surface area contributed by atoms with Crippen molar-refractivity contribution in [3.05, 3.63) is 17.8 Å². The number of carbonyl (C=O) groups excluding carboxylic acids is 1. The fraction of sp³-hybridized carbons (Fsp3) is 0.462. The molecule has 1 aliphatic heterocycles. The van der Waals surface area contributed by atoms with Crippen LogP contribution in [-0.4, -0.2) is 38.4 Å². The number of anilines is 1. The van der Waals surface area contributed by atoms with E-state index in [0.29, 0.717) is 11.6 Å². The van der Waals surface area contributed by atoms with Gasteiger partial charge in [0.15, 0.2) is 5.65 Å². The van der Waals surface area contributed by atoms with E-state index in [9.17, 15) is 4.79 Å². The van der Waals surface area contributed by atoms with Gasteiger partial charge >= 0.3 is 0 Å². The van der Waals surface area contributed by atoms with Crippen LogP contribution in [0.4, 0.5) is 5.95 Å². The van der Waals surface area contributed by atoms with E-state index in [1.165, 1.54) is 0 Å². The lowest BCUT2D eigenvalue weighted by Gasteiger charge is -2.16. The fourth-order valence-electron chi connectivity index (χ4n) is 2.47. The normalized spacial score (nSPS) is 15.3. The number of carbonyl (C=O) groups is 1. The van der Waals surface area contributed by atoms with Crippen LogP contribution in [0.3, 0.4) is 0 Å². The molecule has 0 aromatic carbocycles. The fourth-order valence-corrected chi connectivity index (χ4v) is 2.47. The predicted molar refractivity (Wildman–Crippen MR) is 72.5 cm³/mol. The molecule has 19 heavy (non-hydrogen) atoms. The average Bonchev–Trinajstić information content (AvgIpc) is 2.99. The summed E-state index contributed by atoms with van der Waals surface area (Å²) in [5, 5.41) is 0. The molecule has 6 nitrogen and oxygen atoms in total. The predicted octanol–water partition coefficient (Wildman–Crippen LogP) is 0.944. The van der Waals surface area contributed by atoms with E-state index in [-0.39, 0.29) is 12.5 Å². The zero-order valence-electron chi connectivity index (χ0n) is 11.0. The molecule has 0 unspecified atom stereocenters. The second-order valence-electron chi connectivity index (χ2n) is 4.94. The monoisotopic (exact) mass is 259 g/mol. The number of nitrogens with two attached hydrogens (primary N) is 1. The van der Waals surface area contributed by atoms with Gasteiger partial charge in [-0.05, 0) is 31.9 Å². The number of amides is 1. The third-order valence-corrected chi connectivity index (χ3v) is 3.51. The first-order valence-corrected chi connectivity index (χ1v) is 6.52. The molecule has 0 saturated carbocycles. The highest BCUT2D eigenvalue weighted by molar-refractivity contribution is 5.81. The first-order valence-electron chi connectivity index (χ1n) is 6.52. The van der Waals surface area contributed by atoms with Gasteiger partial charge in [0, 0.05) is 18.8 Å². The molecule has 6 heteroatoms. The molecule has 1 amide bonds. The molecule has 1 fully saturated rings. The van der Waals surface area contributed by atoms with E-state index in [1.54, 1.807) is 4.57 Å². The molecule has 2 N–H and O–H groups in total. The Morgan fingerprint density at radius 1 is 1.32 bits per heavy atom. The molecule has 2 aromatic rings. The minimum absolute atomic E-state index is 0.0896. The topological polar surface area (TPSA) is 77.0 Å². The van der Waals surface area contributed by atoms with Crippen molar-refractivity contribution in [2.24, 2.45) is 0 Å². The number of nitrogens with zero attached hydrogens (tertiary/aromatic N) is 4. The van der Waals surface area contributed by atoms with Crippen LogP contribution in [-0.2, 0) is 11.3 Å². The Labute approximate surface area is 111 Å². The third kappa shape index (κ3) is 2.14. The summed E-state index contributed by atoms with van der Waals surface area (Å²) < 4.78 is 1.70. The zero-order chi connectivity index (χ0) is 13.4. The molecular formula is C13H17N5O. The van der Waals surface area contributed by atoms with E-state index in [4.69, 9.17) is 5.73 Å². The van der Waals surface area contributed by atoms with Gasteiger partial charge in [-0.1, -0.05) is 0 Å². The van der Waals surface area contributed by atoms with E-state index in [2.05, 4.69) is 9.97 Å². The number of fused-ring (bicyclic) bond motifs is 1. The van der Waals surface area contributed by atoms with Crippen molar-refractivity contribution < 1.29 is 4.79 Å². The number of rotatable bonds is 2. The smallest absolute Gasteiger partial charge is 0.242 e. The van der Waals surface area contributed by atoms with Crippen LogP contribution in [0.1, 0.15) is 18.5 Å². The number of hydrogen-bond acceptors (Lipinski definition) is 4.